The molecule has 0 unspecified atom stereocenters. The number of pyridine rings is 2. The fourth-order valence-corrected chi connectivity index (χ4v) is 3.82. The lowest BCUT2D eigenvalue weighted by molar-refractivity contribution is 0.525. The van der Waals surface area contributed by atoms with E-state index in [-0.39, 0.29) is 6.04 Å². The quantitative estimate of drug-likeness (QED) is 0.476. The van der Waals surface area contributed by atoms with Crippen molar-refractivity contribution in [2.24, 2.45) is 0 Å². The van der Waals surface area contributed by atoms with Crippen molar-refractivity contribution in [1.82, 2.24) is 24.3 Å². The average Bonchev–Trinajstić information content (AvgIpc) is 3.18. The molecule has 5 N–H and O–H groups in total. The fraction of sp³-hybridized carbons (Fsp3) is 0.238. The number of hydrogen-bond acceptors (Lipinski definition) is 8. The van der Waals surface area contributed by atoms with Crippen LogP contribution in [0.15, 0.2) is 55.1 Å². The van der Waals surface area contributed by atoms with Gasteiger partial charge in [0.2, 0.25) is 0 Å². The van der Waals surface area contributed by atoms with Gasteiger partial charge in [0.05, 0.1) is 18.1 Å². The highest BCUT2D eigenvalue weighted by molar-refractivity contribution is 5.60. The van der Waals surface area contributed by atoms with Crippen molar-refractivity contribution in [2.75, 3.05) is 34.8 Å². The summed E-state index contributed by atoms with van der Waals surface area (Å²) in [6.07, 6.45) is 9.21. The number of anilines is 4. The topological polar surface area (TPSA) is 123 Å². The molecule has 5 heterocycles. The molecule has 0 bridgehead atoms. The smallest absolute Gasteiger partial charge is 0.180 e. The number of nitrogens with zero attached hydrogens (tertiary/aromatic N) is 6. The van der Waals surface area contributed by atoms with Gasteiger partial charge in [0.15, 0.2) is 5.82 Å². The number of aromatic nitrogens is 5. The van der Waals surface area contributed by atoms with E-state index in [1.165, 1.54) is 0 Å². The second-order valence-corrected chi connectivity index (χ2v) is 7.48. The third-order valence-corrected chi connectivity index (χ3v) is 5.28. The summed E-state index contributed by atoms with van der Waals surface area (Å²) in [6, 6.07) is 9.72. The molecular formula is C21H23N9. The van der Waals surface area contributed by atoms with Gasteiger partial charge in [-0.2, -0.15) is 0 Å². The first-order valence-electron chi connectivity index (χ1n) is 9.95. The van der Waals surface area contributed by atoms with Crippen LogP contribution in [0.4, 0.5) is 23.0 Å². The molecule has 0 saturated carbocycles. The molecular weight excluding hydrogens is 378 g/mol. The minimum Gasteiger partial charge on any atom is -0.398 e. The van der Waals surface area contributed by atoms with Gasteiger partial charge in [0, 0.05) is 37.2 Å². The van der Waals surface area contributed by atoms with Crippen LogP contribution in [0.1, 0.15) is 12.8 Å². The molecule has 9 nitrogen and oxygen atoms in total. The summed E-state index contributed by atoms with van der Waals surface area (Å²) in [7, 11) is 0. The third-order valence-electron chi connectivity index (χ3n) is 5.28. The van der Waals surface area contributed by atoms with Crippen molar-refractivity contribution < 1.29 is 0 Å². The van der Waals surface area contributed by atoms with Crippen molar-refractivity contribution in [3.05, 3.63) is 55.1 Å². The van der Waals surface area contributed by atoms with Crippen molar-refractivity contribution in [2.45, 2.75) is 18.9 Å². The molecule has 1 aliphatic rings. The second-order valence-electron chi connectivity index (χ2n) is 7.48. The number of hydrogen-bond donors (Lipinski definition) is 3. The Bertz CT molecular complexity index is 1170. The molecule has 0 aromatic carbocycles. The predicted octanol–water partition coefficient (Wildman–Crippen LogP) is 2.43. The monoisotopic (exact) mass is 401 g/mol. The highest BCUT2D eigenvalue weighted by atomic mass is 15.2. The van der Waals surface area contributed by atoms with Crippen molar-refractivity contribution in [1.29, 1.82) is 0 Å². The van der Waals surface area contributed by atoms with Gasteiger partial charge in [-0.25, -0.2) is 19.9 Å². The SMILES string of the molecule is Nc1ccc(N2CCC[C@@H](Nc3ccnc(-c4cnc5ccc(N)cn45)n3)C2)nc1. The molecule has 0 amide bonds. The lowest BCUT2D eigenvalue weighted by Crippen LogP contribution is -2.42. The number of nitrogen functional groups attached to an aromatic ring is 2. The molecule has 9 heteroatoms. The molecule has 1 atom stereocenters. The molecule has 1 fully saturated rings. The molecule has 1 aliphatic heterocycles. The first kappa shape index (κ1) is 18.2. The Morgan fingerprint density at radius 3 is 2.73 bits per heavy atom. The number of nitrogens with two attached hydrogens (primary N) is 2. The van der Waals surface area contributed by atoms with Gasteiger partial charge in [-0.1, -0.05) is 0 Å². The summed E-state index contributed by atoms with van der Waals surface area (Å²) in [4.78, 5) is 20.3. The molecule has 152 valence electrons. The van der Waals surface area contributed by atoms with Gasteiger partial charge in [0.25, 0.3) is 0 Å². The summed E-state index contributed by atoms with van der Waals surface area (Å²) in [5, 5.41) is 3.55. The van der Waals surface area contributed by atoms with Crippen LogP contribution in [0.25, 0.3) is 17.2 Å². The largest absolute Gasteiger partial charge is 0.398 e. The maximum absolute atomic E-state index is 5.93. The molecule has 30 heavy (non-hydrogen) atoms. The first-order valence-corrected chi connectivity index (χ1v) is 9.95. The molecule has 1 saturated heterocycles. The number of imidazole rings is 1. The summed E-state index contributed by atoms with van der Waals surface area (Å²) >= 11 is 0. The standard InChI is InChI=1S/C21H23N9/c22-14-3-5-19(25-10-14)29-9-1-2-16(13-29)27-18-7-8-24-21(28-18)17-11-26-20-6-4-15(23)12-30(17)20/h3-8,10-12,16H,1-2,9,13,22-23H2,(H,24,27,28)/t16-/m1/s1. The summed E-state index contributed by atoms with van der Waals surface area (Å²) in [6.45, 7) is 1.83. The summed E-state index contributed by atoms with van der Waals surface area (Å²) < 4.78 is 1.91. The first-order chi connectivity index (χ1) is 14.7. The van der Waals surface area contributed by atoms with E-state index < -0.39 is 0 Å². The Morgan fingerprint density at radius 2 is 1.87 bits per heavy atom. The number of piperidine rings is 1. The minimum atomic E-state index is 0.263. The van der Waals surface area contributed by atoms with Crippen molar-refractivity contribution >= 4 is 28.7 Å². The Balaban J connectivity index is 1.35. The van der Waals surface area contributed by atoms with Gasteiger partial charge >= 0.3 is 0 Å². The maximum Gasteiger partial charge on any atom is 0.180 e. The van der Waals surface area contributed by atoms with Crippen LogP contribution in [0.2, 0.25) is 0 Å². The molecule has 4 aromatic heterocycles. The second kappa shape index (κ2) is 7.51. The summed E-state index contributed by atoms with van der Waals surface area (Å²) in [5.74, 6) is 2.34. The van der Waals surface area contributed by atoms with Crippen LogP contribution in [0, 0.1) is 0 Å². The van der Waals surface area contributed by atoms with E-state index in [0.29, 0.717) is 17.2 Å². The van der Waals surface area contributed by atoms with Crippen molar-refractivity contribution in [3.8, 4) is 11.5 Å². The summed E-state index contributed by atoms with van der Waals surface area (Å²) in [5.41, 5.74) is 14.6. The van der Waals surface area contributed by atoms with Gasteiger partial charge in [-0.05, 0) is 43.2 Å². The van der Waals surface area contributed by atoms with Gasteiger partial charge in [0.1, 0.15) is 23.0 Å². The minimum absolute atomic E-state index is 0.263. The third kappa shape index (κ3) is 3.57. The molecule has 0 aliphatic carbocycles. The van der Waals surface area contributed by atoms with Crippen LogP contribution in [-0.4, -0.2) is 43.5 Å². The zero-order chi connectivity index (χ0) is 20.5. The molecule has 0 radical (unpaired) electrons. The average molecular weight is 401 g/mol. The Labute approximate surface area is 173 Å². The molecule has 4 aromatic rings. The van der Waals surface area contributed by atoms with Crippen LogP contribution in [0.3, 0.4) is 0 Å². The van der Waals surface area contributed by atoms with E-state index >= 15 is 0 Å². The van der Waals surface area contributed by atoms with Crippen LogP contribution >= 0.6 is 0 Å². The van der Waals surface area contributed by atoms with E-state index in [4.69, 9.17) is 16.5 Å². The molecule has 0 spiro atoms. The van der Waals surface area contributed by atoms with E-state index in [1.54, 1.807) is 18.6 Å². The van der Waals surface area contributed by atoms with Gasteiger partial charge in [-0.15, -0.1) is 0 Å². The van der Waals surface area contributed by atoms with E-state index in [9.17, 15) is 0 Å². The highest BCUT2D eigenvalue weighted by Crippen LogP contribution is 2.23. The Hall–Kier alpha value is -3.88. The number of fused-ring (bicyclic) bond motifs is 1. The van der Waals surface area contributed by atoms with E-state index in [2.05, 4.69) is 25.2 Å². The van der Waals surface area contributed by atoms with E-state index in [0.717, 1.165) is 48.9 Å². The van der Waals surface area contributed by atoms with Crippen LogP contribution in [0.5, 0.6) is 0 Å². The fourth-order valence-electron chi connectivity index (χ4n) is 3.82. The number of nitrogens with one attached hydrogen (secondary N) is 1. The Kier molecular flexibility index (Phi) is 4.55. The van der Waals surface area contributed by atoms with E-state index in [1.807, 2.05) is 40.9 Å². The van der Waals surface area contributed by atoms with Gasteiger partial charge < -0.3 is 21.7 Å². The normalized spacial score (nSPS) is 16.7. The lowest BCUT2D eigenvalue weighted by Gasteiger charge is -2.34. The Morgan fingerprint density at radius 1 is 0.967 bits per heavy atom. The molecule has 5 rings (SSSR count). The lowest BCUT2D eigenvalue weighted by atomic mass is 10.1. The highest BCUT2D eigenvalue weighted by Gasteiger charge is 2.21. The zero-order valence-corrected chi connectivity index (χ0v) is 16.4. The van der Waals surface area contributed by atoms with Crippen LogP contribution < -0.4 is 21.7 Å². The van der Waals surface area contributed by atoms with Gasteiger partial charge in [-0.3, -0.25) is 4.40 Å². The predicted molar refractivity (Wildman–Crippen MR) is 118 cm³/mol. The van der Waals surface area contributed by atoms with Crippen LogP contribution in [-0.2, 0) is 0 Å². The zero-order valence-electron chi connectivity index (χ0n) is 16.4. The maximum atomic E-state index is 5.93. The number of rotatable bonds is 4. The van der Waals surface area contributed by atoms with Crippen molar-refractivity contribution in [3.63, 3.8) is 0 Å².